The van der Waals surface area contributed by atoms with Gasteiger partial charge in [-0.1, -0.05) is 69.8 Å². The Morgan fingerprint density at radius 3 is 2.15 bits per heavy atom. The topological polar surface area (TPSA) is 43.1 Å². The second-order valence-electron chi connectivity index (χ2n) is 6.85. The minimum Gasteiger partial charge on any atom is -0.369 e. The van der Waals surface area contributed by atoms with Crippen LogP contribution in [0.2, 0.25) is 13.1 Å². The summed E-state index contributed by atoms with van der Waals surface area (Å²) in [6.07, 6.45) is 2.35. The first-order chi connectivity index (χ1) is 9.14. The molecule has 3 heteroatoms. The van der Waals surface area contributed by atoms with Crippen LogP contribution in [0.4, 0.5) is 0 Å². The number of fused-ring (bicyclic) bond motifs is 1. The average Bonchev–Trinajstić information content (AvgIpc) is 2.64. The van der Waals surface area contributed by atoms with Crippen LogP contribution in [-0.2, 0) is 4.79 Å². The Kier molecular flexibility index (Phi) is 5.34. The van der Waals surface area contributed by atoms with Gasteiger partial charge >= 0.3 is 0 Å². The van der Waals surface area contributed by atoms with Gasteiger partial charge in [0.05, 0.1) is 0 Å². The zero-order chi connectivity index (χ0) is 15.5. The summed E-state index contributed by atoms with van der Waals surface area (Å²) in [5, 5.41) is 0. The number of hydrogen-bond acceptors (Lipinski definition) is 1. The maximum absolute atomic E-state index is 10.2. The number of primary amides is 1. The van der Waals surface area contributed by atoms with E-state index in [9.17, 15) is 4.79 Å². The fraction of sp³-hybridized carbons (Fsp3) is 0.471. The molecule has 1 aliphatic rings. The number of rotatable bonds is 1. The standard InChI is InChI=1S/C12H16Si.C5H11NO/c1-9-8-10-6-4-5-7-11(10)12(9)13(2)3;1-5(2,3)4(6)7/h4-8,12-13H,1-3H3;1-3H3,(H2,6,7). The lowest BCUT2D eigenvalue weighted by molar-refractivity contribution is -0.125. The predicted molar refractivity (Wildman–Crippen MR) is 90.4 cm³/mol. The third-order valence-electron chi connectivity index (χ3n) is 3.61. The second-order valence-corrected chi connectivity index (χ2v) is 10.0. The van der Waals surface area contributed by atoms with Crippen molar-refractivity contribution in [3.8, 4) is 0 Å². The van der Waals surface area contributed by atoms with Crippen molar-refractivity contribution in [2.24, 2.45) is 11.1 Å². The molecule has 0 saturated carbocycles. The van der Waals surface area contributed by atoms with E-state index in [1.54, 1.807) is 31.9 Å². The lowest BCUT2D eigenvalue weighted by Gasteiger charge is -2.17. The maximum atomic E-state index is 10.2. The Morgan fingerprint density at radius 2 is 1.70 bits per heavy atom. The smallest absolute Gasteiger partial charge is 0.222 e. The largest absolute Gasteiger partial charge is 0.369 e. The molecule has 0 aromatic heterocycles. The molecule has 2 nitrogen and oxygen atoms in total. The fourth-order valence-electron chi connectivity index (χ4n) is 2.39. The Bertz CT molecular complexity index is 512. The van der Waals surface area contributed by atoms with Gasteiger partial charge in [-0.25, -0.2) is 0 Å². The Labute approximate surface area is 124 Å². The van der Waals surface area contributed by atoms with Crippen LogP contribution in [0.25, 0.3) is 6.08 Å². The summed E-state index contributed by atoms with van der Waals surface area (Å²) in [5.41, 5.74) is 9.95. The quantitative estimate of drug-likeness (QED) is 0.787. The van der Waals surface area contributed by atoms with E-state index in [1.165, 1.54) is 5.56 Å². The summed E-state index contributed by atoms with van der Waals surface area (Å²) < 4.78 is 0. The fourth-order valence-corrected chi connectivity index (χ4v) is 4.56. The molecule has 0 heterocycles. The summed E-state index contributed by atoms with van der Waals surface area (Å²) in [7, 11) is -0.586. The van der Waals surface area contributed by atoms with Crippen LogP contribution < -0.4 is 5.73 Å². The van der Waals surface area contributed by atoms with Crippen LogP contribution in [0.1, 0.15) is 44.4 Å². The van der Waals surface area contributed by atoms with Gasteiger partial charge in [0.15, 0.2) is 0 Å². The van der Waals surface area contributed by atoms with Gasteiger partial charge in [-0.15, -0.1) is 0 Å². The van der Waals surface area contributed by atoms with E-state index in [1.807, 2.05) is 0 Å². The molecule has 110 valence electrons. The molecule has 0 spiro atoms. The molecular weight excluding hydrogens is 262 g/mol. The van der Waals surface area contributed by atoms with E-state index in [4.69, 9.17) is 5.73 Å². The number of carbonyl (C=O) groups excluding carboxylic acids is 1. The van der Waals surface area contributed by atoms with Crippen molar-refractivity contribution in [2.45, 2.75) is 46.3 Å². The van der Waals surface area contributed by atoms with Crippen LogP contribution in [0.15, 0.2) is 29.8 Å². The molecule has 1 aliphatic carbocycles. The molecule has 1 aromatic rings. The van der Waals surface area contributed by atoms with Crippen LogP contribution in [0, 0.1) is 5.41 Å². The van der Waals surface area contributed by atoms with Crippen molar-refractivity contribution in [3.05, 3.63) is 41.0 Å². The van der Waals surface area contributed by atoms with Gasteiger partial charge in [0.1, 0.15) is 0 Å². The third kappa shape index (κ3) is 4.07. The lowest BCUT2D eigenvalue weighted by Crippen LogP contribution is -2.27. The zero-order valence-electron chi connectivity index (χ0n) is 13.5. The van der Waals surface area contributed by atoms with Crippen molar-refractivity contribution >= 4 is 20.8 Å². The van der Waals surface area contributed by atoms with E-state index in [-0.39, 0.29) is 11.3 Å². The first kappa shape index (κ1) is 16.7. The van der Waals surface area contributed by atoms with Crippen molar-refractivity contribution in [2.75, 3.05) is 0 Å². The van der Waals surface area contributed by atoms with Crippen LogP contribution in [-0.4, -0.2) is 14.7 Å². The number of carbonyl (C=O) groups is 1. The summed E-state index contributed by atoms with van der Waals surface area (Å²) in [6, 6.07) is 8.82. The monoisotopic (exact) mass is 289 g/mol. The van der Waals surface area contributed by atoms with Crippen LogP contribution in [0.5, 0.6) is 0 Å². The van der Waals surface area contributed by atoms with Gasteiger partial charge in [-0.3, -0.25) is 4.79 Å². The van der Waals surface area contributed by atoms with Gasteiger partial charge in [0.25, 0.3) is 0 Å². The summed E-state index contributed by atoms with van der Waals surface area (Å²) in [4.78, 5) is 10.2. The van der Waals surface area contributed by atoms with E-state index >= 15 is 0 Å². The highest BCUT2D eigenvalue weighted by molar-refractivity contribution is 6.58. The van der Waals surface area contributed by atoms with E-state index in [0.717, 1.165) is 5.54 Å². The van der Waals surface area contributed by atoms with Gasteiger partial charge in [0.2, 0.25) is 5.91 Å². The number of nitrogens with two attached hydrogens (primary N) is 1. The molecule has 0 bridgehead atoms. The third-order valence-corrected chi connectivity index (χ3v) is 5.83. The molecule has 1 amide bonds. The molecule has 0 aliphatic heterocycles. The van der Waals surface area contributed by atoms with E-state index < -0.39 is 8.80 Å². The van der Waals surface area contributed by atoms with Gasteiger partial charge in [-0.2, -0.15) is 0 Å². The van der Waals surface area contributed by atoms with Crippen molar-refractivity contribution in [1.82, 2.24) is 0 Å². The zero-order valence-corrected chi connectivity index (χ0v) is 14.7. The molecule has 1 unspecified atom stereocenters. The summed E-state index contributed by atoms with van der Waals surface area (Å²) in [6.45, 7) is 12.5. The van der Waals surface area contributed by atoms with Crippen molar-refractivity contribution in [3.63, 3.8) is 0 Å². The molecule has 2 rings (SSSR count). The highest BCUT2D eigenvalue weighted by Crippen LogP contribution is 2.37. The first-order valence-corrected chi connectivity index (χ1v) is 10.2. The lowest BCUT2D eigenvalue weighted by atomic mass is 9.96. The van der Waals surface area contributed by atoms with Crippen LogP contribution >= 0.6 is 0 Å². The van der Waals surface area contributed by atoms with E-state index in [0.29, 0.717) is 0 Å². The highest BCUT2D eigenvalue weighted by atomic mass is 28.3. The van der Waals surface area contributed by atoms with Gasteiger partial charge < -0.3 is 5.73 Å². The Morgan fingerprint density at radius 1 is 1.20 bits per heavy atom. The minimum absolute atomic E-state index is 0.257. The second kappa shape index (κ2) is 6.40. The predicted octanol–water partition coefficient (Wildman–Crippen LogP) is 3.73. The van der Waals surface area contributed by atoms with Gasteiger partial charge in [-0.05, 0) is 23.6 Å². The Balaban J connectivity index is 0.000000246. The average molecular weight is 289 g/mol. The highest BCUT2D eigenvalue weighted by Gasteiger charge is 2.24. The first-order valence-electron chi connectivity index (χ1n) is 7.21. The molecule has 0 saturated heterocycles. The van der Waals surface area contributed by atoms with Crippen LogP contribution in [0.3, 0.4) is 0 Å². The summed E-state index contributed by atoms with van der Waals surface area (Å²) in [5.74, 6) is -0.257. The molecule has 0 fully saturated rings. The number of benzene rings is 1. The van der Waals surface area contributed by atoms with Gasteiger partial charge in [0, 0.05) is 14.2 Å². The maximum Gasteiger partial charge on any atom is 0.222 e. The summed E-state index contributed by atoms with van der Waals surface area (Å²) >= 11 is 0. The van der Waals surface area contributed by atoms with Crippen molar-refractivity contribution < 1.29 is 4.79 Å². The molecule has 2 N–H and O–H groups in total. The molecular formula is C17H27NOSi. The molecule has 20 heavy (non-hydrogen) atoms. The van der Waals surface area contributed by atoms with Crippen molar-refractivity contribution in [1.29, 1.82) is 0 Å². The normalized spacial score (nSPS) is 17.1. The number of hydrogen-bond donors (Lipinski definition) is 1. The number of allylic oxidation sites excluding steroid dienone is 1. The molecule has 1 aromatic carbocycles. The minimum atomic E-state index is -0.586. The van der Waals surface area contributed by atoms with E-state index in [2.05, 4.69) is 50.4 Å². The Hall–Kier alpha value is -1.35. The number of amides is 1. The SMILES string of the molecule is CC(C)(C)C(N)=O.CC1=Cc2ccccc2C1[SiH](C)C. The molecule has 0 radical (unpaired) electrons. The molecule has 1 atom stereocenters.